The molecule has 4 aliphatic rings. The molecule has 0 saturated heterocycles. The summed E-state index contributed by atoms with van der Waals surface area (Å²) in [7, 11) is 1.50. The Balaban J connectivity index is 1.82. The van der Waals surface area contributed by atoms with E-state index in [2.05, 4.69) is 0 Å². The fourth-order valence-electron chi connectivity index (χ4n) is 6.28. The Bertz CT molecular complexity index is 1080. The van der Waals surface area contributed by atoms with Crippen LogP contribution in [0.4, 0.5) is 0 Å². The average Bonchev–Trinajstić information content (AvgIpc) is 3.27. The molecule has 0 radical (unpaired) electrons. The van der Waals surface area contributed by atoms with E-state index in [-0.39, 0.29) is 41.8 Å². The van der Waals surface area contributed by atoms with E-state index < -0.39 is 35.0 Å². The topological polar surface area (TPSA) is 109 Å². The van der Waals surface area contributed by atoms with Crippen LogP contribution < -0.4 is 0 Å². The maximum atomic E-state index is 13.7. The average molecular weight is 428 g/mol. The van der Waals surface area contributed by atoms with Crippen LogP contribution >= 0.6 is 0 Å². The first-order chi connectivity index (χ1) is 14.6. The number of cyclic esters (lactones) is 1. The van der Waals surface area contributed by atoms with E-state index in [0.29, 0.717) is 29.6 Å². The number of esters is 2. The molecule has 1 aromatic rings. The fourth-order valence-corrected chi connectivity index (χ4v) is 6.28. The van der Waals surface area contributed by atoms with E-state index in [1.54, 1.807) is 0 Å². The highest BCUT2D eigenvalue weighted by molar-refractivity contribution is 6.14. The molecule has 5 atom stereocenters. The third-order valence-electron chi connectivity index (χ3n) is 7.70. The number of allylic oxidation sites excluding steroid dienone is 1. The van der Waals surface area contributed by atoms with Gasteiger partial charge in [-0.1, -0.05) is 6.92 Å². The number of methoxy groups -OCH3 is 1. The normalized spacial score (nSPS) is 36.0. The number of Topliss-reactive ketones (excluding diaryl/α,β-unsaturated/α-hetero) is 2. The lowest BCUT2D eigenvalue weighted by Gasteiger charge is -2.51. The van der Waals surface area contributed by atoms with Crippen molar-refractivity contribution in [3.8, 4) is 0 Å². The smallest absolute Gasteiger partial charge is 0.342 e. The summed E-state index contributed by atoms with van der Waals surface area (Å²) in [5.41, 5.74) is -0.0741. The molecular weight excluding hydrogens is 404 g/mol. The number of ether oxygens (including phenoxy) is 3. The lowest BCUT2D eigenvalue weighted by molar-refractivity contribution is -0.149. The molecule has 1 saturated carbocycles. The molecule has 5 rings (SSSR count). The molecule has 3 aliphatic carbocycles. The van der Waals surface area contributed by atoms with Crippen molar-refractivity contribution in [1.82, 2.24) is 0 Å². The van der Waals surface area contributed by atoms with Crippen LogP contribution in [0.15, 0.2) is 21.8 Å². The number of furan rings is 1. The molecule has 164 valence electrons. The number of hydrogen-bond donors (Lipinski definition) is 0. The van der Waals surface area contributed by atoms with Gasteiger partial charge in [-0.25, -0.2) is 4.79 Å². The Labute approximate surface area is 178 Å². The standard InChI is InChI=1S/C23H24O8/c1-10(24)30-13-7-22(2)12(5-6-14(22)25)16-18(13)23(3)15(9-28-4)31-21(27)11-8-29-20(17(11)23)19(16)26/h8,12-13,15H,5-7,9H2,1-4H3/t12-,13+,15+,22-,23+/m0/s1. The summed E-state index contributed by atoms with van der Waals surface area (Å²) in [5, 5.41) is 0. The molecule has 0 spiro atoms. The van der Waals surface area contributed by atoms with Gasteiger partial charge in [-0.3, -0.25) is 14.4 Å². The summed E-state index contributed by atoms with van der Waals surface area (Å²) in [6.45, 7) is 5.11. The number of ketones is 2. The molecule has 1 aromatic heterocycles. The second-order valence-electron chi connectivity index (χ2n) is 9.30. The molecular formula is C23H24O8. The first-order valence-electron chi connectivity index (χ1n) is 10.5. The van der Waals surface area contributed by atoms with Crippen molar-refractivity contribution in [2.24, 2.45) is 11.3 Å². The molecule has 31 heavy (non-hydrogen) atoms. The summed E-state index contributed by atoms with van der Waals surface area (Å²) >= 11 is 0. The highest BCUT2D eigenvalue weighted by atomic mass is 16.6. The van der Waals surface area contributed by atoms with Gasteiger partial charge in [0.1, 0.15) is 29.8 Å². The summed E-state index contributed by atoms with van der Waals surface area (Å²) in [6, 6.07) is 0. The van der Waals surface area contributed by atoms with Gasteiger partial charge in [0.05, 0.1) is 12.0 Å². The number of fused-ring (bicyclic) bond motifs is 3. The summed E-state index contributed by atoms with van der Waals surface area (Å²) in [6.07, 6.45) is 0.906. The molecule has 0 unspecified atom stereocenters. The summed E-state index contributed by atoms with van der Waals surface area (Å²) < 4.78 is 22.4. The van der Waals surface area contributed by atoms with Crippen LogP contribution in [0.5, 0.6) is 0 Å². The van der Waals surface area contributed by atoms with Crippen molar-refractivity contribution in [2.75, 3.05) is 13.7 Å². The molecule has 1 fully saturated rings. The molecule has 0 aromatic carbocycles. The Morgan fingerprint density at radius 2 is 2.00 bits per heavy atom. The maximum Gasteiger partial charge on any atom is 0.342 e. The second kappa shape index (κ2) is 6.38. The van der Waals surface area contributed by atoms with Crippen LogP contribution in [0, 0.1) is 11.3 Å². The van der Waals surface area contributed by atoms with Gasteiger partial charge < -0.3 is 18.6 Å². The fraction of sp³-hybridized carbons (Fsp3) is 0.565. The minimum Gasteiger partial charge on any atom is -0.460 e. The number of hydrogen-bond acceptors (Lipinski definition) is 8. The van der Waals surface area contributed by atoms with Gasteiger partial charge in [-0.15, -0.1) is 0 Å². The third-order valence-corrected chi connectivity index (χ3v) is 7.70. The van der Waals surface area contributed by atoms with Gasteiger partial charge in [-0.2, -0.15) is 0 Å². The molecule has 0 amide bonds. The molecule has 0 N–H and O–H groups in total. The van der Waals surface area contributed by atoms with Gasteiger partial charge >= 0.3 is 11.9 Å². The van der Waals surface area contributed by atoms with Crippen molar-refractivity contribution in [1.29, 1.82) is 0 Å². The van der Waals surface area contributed by atoms with Gasteiger partial charge in [0.2, 0.25) is 5.78 Å². The number of carbonyl (C=O) groups is 4. The molecule has 0 bridgehead atoms. The van der Waals surface area contributed by atoms with Crippen molar-refractivity contribution in [3.05, 3.63) is 34.3 Å². The van der Waals surface area contributed by atoms with E-state index in [1.165, 1.54) is 20.3 Å². The lowest BCUT2D eigenvalue weighted by atomic mass is 9.54. The van der Waals surface area contributed by atoms with Gasteiger partial charge in [0, 0.05) is 49.3 Å². The molecule has 2 heterocycles. The number of rotatable bonds is 3. The Morgan fingerprint density at radius 1 is 1.26 bits per heavy atom. The van der Waals surface area contributed by atoms with Crippen molar-refractivity contribution >= 4 is 23.5 Å². The van der Waals surface area contributed by atoms with Crippen molar-refractivity contribution in [2.45, 2.75) is 57.7 Å². The Kier molecular flexibility index (Phi) is 4.16. The van der Waals surface area contributed by atoms with E-state index >= 15 is 0 Å². The van der Waals surface area contributed by atoms with Crippen LogP contribution in [-0.4, -0.2) is 49.4 Å². The predicted molar refractivity (Wildman–Crippen MR) is 105 cm³/mol. The van der Waals surface area contributed by atoms with Crippen LogP contribution in [0.25, 0.3) is 0 Å². The maximum absolute atomic E-state index is 13.7. The zero-order valence-corrected chi connectivity index (χ0v) is 17.9. The first kappa shape index (κ1) is 20.2. The van der Waals surface area contributed by atoms with Crippen molar-refractivity contribution < 1.29 is 37.8 Å². The van der Waals surface area contributed by atoms with E-state index in [9.17, 15) is 19.2 Å². The Morgan fingerprint density at radius 3 is 2.68 bits per heavy atom. The number of carbonyl (C=O) groups excluding carboxylic acids is 4. The molecule has 8 nitrogen and oxygen atoms in total. The highest BCUT2D eigenvalue weighted by Crippen LogP contribution is 2.61. The lowest BCUT2D eigenvalue weighted by Crippen LogP contribution is -2.57. The molecule has 8 heteroatoms. The van der Waals surface area contributed by atoms with Gasteiger partial charge in [0.25, 0.3) is 0 Å². The first-order valence-corrected chi connectivity index (χ1v) is 10.5. The third kappa shape index (κ3) is 2.39. The van der Waals surface area contributed by atoms with Gasteiger partial charge in [-0.05, 0) is 18.9 Å². The van der Waals surface area contributed by atoms with Crippen LogP contribution in [0.2, 0.25) is 0 Å². The van der Waals surface area contributed by atoms with Crippen LogP contribution in [0.3, 0.4) is 0 Å². The highest BCUT2D eigenvalue weighted by Gasteiger charge is 2.64. The predicted octanol–water partition coefficient (Wildman–Crippen LogP) is 2.54. The second-order valence-corrected chi connectivity index (χ2v) is 9.30. The zero-order chi connectivity index (χ0) is 22.3. The molecule has 1 aliphatic heterocycles. The van der Waals surface area contributed by atoms with Gasteiger partial charge in [0.15, 0.2) is 5.76 Å². The quantitative estimate of drug-likeness (QED) is 0.676. The van der Waals surface area contributed by atoms with Crippen LogP contribution in [-0.2, 0) is 29.2 Å². The van der Waals surface area contributed by atoms with Crippen LogP contribution in [0.1, 0.15) is 66.5 Å². The summed E-state index contributed by atoms with van der Waals surface area (Å²) in [4.78, 5) is 51.2. The SMILES string of the molecule is COC[C@H]1OC(=O)c2coc3c2[C@]1(C)C1=C(C3=O)[C@@H]2CCC(=O)[C@@]2(C)C[C@H]1OC(C)=O. The zero-order valence-electron chi connectivity index (χ0n) is 17.9. The van der Waals surface area contributed by atoms with Crippen molar-refractivity contribution in [3.63, 3.8) is 0 Å². The Hall–Kier alpha value is -2.74. The largest absolute Gasteiger partial charge is 0.460 e. The monoisotopic (exact) mass is 428 g/mol. The minimum atomic E-state index is -0.988. The van der Waals surface area contributed by atoms with E-state index in [4.69, 9.17) is 18.6 Å². The minimum absolute atomic E-state index is 0.0635. The summed E-state index contributed by atoms with van der Waals surface area (Å²) in [5.74, 6) is -1.58. The van der Waals surface area contributed by atoms with E-state index in [0.717, 1.165) is 0 Å². The van der Waals surface area contributed by atoms with E-state index in [1.807, 2.05) is 13.8 Å².